The summed E-state index contributed by atoms with van der Waals surface area (Å²) < 4.78 is 36.8. The van der Waals surface area contributed by atoms with Gasteiger partial charge in [0.1, 0.15) is 25.4 Å². The maximum Gasteiger partial charge on any atom is 0.373 e. The minimum Gasteiger partial charge on any atom is -0.470 e. The lowest BCUT2D eigenvalue weighted by Gasteiger charge is -2.49. The molecule has 1 amide bonds. The second-order valence-electron chi connectivity index (χ2n) is 8.09. The van der Waals surface area contributed by atoms with Gasteiger partial charge in [-0.25, -0.2) is 4.79 Å². The van der Waals surface area contributed by atoms with Crippen LogP contribution in [0.5, 0.6) is 0 Å². The van der Waals surface area contributed by atoms with E-state index in [1.807, 2.05) is 0 Å². The summed E-state index contributed by atoms with van der Waals surface area (Å²) in [4.78, 5) is 84.4. The molecule has 0 unspecified atom stereocenters. The minimum atomic E-state index is -2.32. The number of esters is 6. The van der Waals surface area contributed by atoms with Crippen molar-refractivity contribution < 1.29 is 66.7 Å². The number of ether oxygens (including phenoxy) is 7. The lowest BCUT2D eigenvalue weighted by atomic mass is 9.80. The Hall–Kier alpha value is -4.17. The summed E-state index contributed by atoms with van der Waals surface area (Å²) in [7, 11) is 1.02. The van der Waals surface area contributed by atoms with Gasteiger partial charge in [-0.2, -0.15) is 0 Å². The van der Waals surface area contributed by atoms with Crippen LogP contribution in [0.3, 0.4) is 0 Å². The van der Waals surface area contributed by atoms with Crippen LogP contribution >= 0.6 is 0 Å². The van der Waals surface area contributed by atoms with Gasteiger partial charge in [0.25, 0.3) is 0 Å². The summed E-state index contributed by atoms with van der Waals surface area (Å²) in [5, 5.41) is 2.49. The Kier molecular flexibility index (Phi) is 11.7. The average Bonchev–Trinajstić information content (AvgIpc) is 2.78. The predicted molar refractivity (Wildman–Crippen MR) is 121 cm³/mol. The first-order valence-electron chi connectivity index (χ1n) is 11.2. The van der Waals surface area contributed by atoms with Gasteiger partial charge < -0.3 is 38.5 Å². The van der Waals surface area contributed by atoms with E-state index in [9.17, 15) is 33.6 Å². The van der Waals surface area contributed by atoms with E-state index < -0.39 is 90.7 Å². The fraction of sp³-hybridized carbons (Fsp3) is 0.609. The molecular weight excluding hydrogens is 514 g/mol. The van der Waals surface area contributed by atoms with Crippen LogP contribution in [0.15, 0.2) is 11.8 Å². The highest BCUT2D eigenvalue weighted by Gasteiger charge is 2.61. The second-order valence-corrected chi connectivity index (χ2v) is 8.09. The molecule has 0 spiro atoms. The van der Waals surface area contributed by atoms with E-state index in [0.717, 1.165) is 54.7 Å². The van der Waals surface area contributed by atoms with Gasteiger partial charge in [-0.15, -0.1) is 0 Å². The molecule has 212 valence electrons. The molecule has 0 aromatic carbocycles. The molecule has 5 atom stereocenters. The first-order chi connectivity index (χ1) is 17.6. The topological polar surface area (TPSA) is 196 Å². The SMILES string of the molecule is COC(=O)C1=C[C@H](OC(C)=O)[C@@H](NC(C)=O)[C@](COC(C)=O)([C@H](OC(C)=O)[C@@H](COC(C)=O)OC(C)=O)O1. The maximum absolute atomic E-state index is 12.5. The molecule has 0 aromatic heterocycles. The minimum absolute atomic E-state index is 0.585. The summed E-state index contributed by atoms with van der Waals surface area (Å²) in [5.41, 5.74) is -2.32. The molecule has 0 bridgehead atoms. The van der Waals surface area contributed by atoms with Crippen LogP contribution in [0.2, 0.25) is 0 Å². The Labute approximate surface area is 218 Å². The molecule has 1 aliphatic heterocycles. The van der Waals surface area contributed by atoms with Crippen LogP contribution in [-0.2, 0) is 66.7 Å². The first-order valence-corrected chi connectivity index (χ1v) is 11.2. The third-order valence-corrected chi connectivity index (χ3v) is 4.90. The van der Waals surface area contributed by atoms with Crippen LogP contribution in [-0.4, -0.2) is 92.0 Å². The Bertz CT molecular complexity index is 989. The molecule has 0 saturated carbocycles. The van der Waals surface area contributed by atoms with E-state index in [4.69, 9.17) is 33.2 Å². The monoisotopic (exact) mass is 545 g/mol. The van der Waals surface area contributed by atoms with Gasteiger partial charge in [0.15, 0.2) is 12.2 Å². The summed E-state index contributed by atoms with van der Waals surface area (Å²) in [6, 6.07) is -1.53. The molecular formula is C23H31NO14. The number of hydrogen-bond acceptors (Lipinski definition) is 14. The van der Waals surface area contributed by atoms with E-state index in [1.54, 1.807) is 0 Å². The number of rotatable bonds is 11. The lowest BCUT2D eigenvalue weighted by Crippen LogP contribution is -2.72. The fourth-order valence-electron chi connectivity index (χ4n) is 3.67. The first kappa shape index (κ1) is 31.9. The maximum atomic E-state index is 12.5. The van der Waals surface area contributed by atoms with Crippen molar-refractivity contribution in [3.05, 3.63) is 11.8 Å². The Morgan fingerprint density at radius 1 is 0.868 bits per heavy atom. The van der Waals surface area contributed by atoms with Crippen molar-refractivity contribution in [2.75, 3.05) is 20.3 Å². The molecule has 0 fully saturated rings. The van der Waals surface area contributed by atoms with E-state index >= 15 is 0 Å². The molecule has 0 radical (unpaired) electrons. The fourth-order valence-corrected chi connectivity index (χ4v) is 3.67. The van der Waals surface area contributed by atoms with Crippen LogP contribution in [0.1, 0.15) is 41.5 Å². The van der Waals surface area contributed by atoms with Gasteiger partial charge in [0.2, 0.25) is 17.3 Å². The predicted octanol–water partition coefficient (Wildman–Crippen LogP) is -0.762. The third-order valence-electron chi connectivity index (χ3n) is 4.90. The molecule has 0 saturated heterocycles. The van der Waals surface area contributed by atoms with Crippen molar-refractivity contribution in [3.8, 4) is 0 Å². The van der Waals surface area contributed by atoms with Gasteiger partial charge in [0, 0.05) is 47.6 Å². The van der Waals surface area contributed by atoms with Crippen molar-refractivity contribution in [1.29, 1.82) is 0 Å². The van der Waals surface area contributed by atoms with Crippen molar-refractivity contribution in [2.45, 2.75) is 71.5 Å². The second kappa shape index (κ2) is 13.9. The Balaban J connectivity index is 4.04. The zero-order chi connectivity index (χ0) is 29.2. The molecule has 0 aromatic rings. The van der Waals surface area contributed by atoms with Crippen molar-refractivity contribution >= 4 is 41.7 Å². The van der Waals surface area contributed by atoms with Crippen LogP contribution in [0, 0.1) is 0 Å². The highest BCUT2D eigenvalue weighted by molar-refractivity contribution is 5.87. The van der Waals surface area contributed by atoms with Gasteiger partial charge in [-0.1, -0.05) is 0 Å². The summed E-state index contributed by atoms with van der Waals surface area (Å²) >= 11 is 0. The van der Waals surface area contributed by atoms with Gasteiger partial charge in [0.05, 0.1) is 7.11 Å². The largest absolute Gasteiger partial charge is 0.470 e. The molecule has 1 heterocycles. The third kappa shape index (κ3) is 9.05. The van der Waals surface area contributed by atoms with Crippen LogP contribution in [0.4, 0.5) is 0 Å². The Morgan fingerprint density at radius 2 is 1.45 bits per heavy atom. The number of carbonyl (C=O) groups is 7. The number of methoxy groups -OCH3 is 1. The molecule has 1 rings (SSSR count). The number of amides is 1. The van der Waals surface area contributed by atoms with Crippen molar-refractivity contribution in [3.63, 3.8) is 0 Å². The van der Waals surface area contributed by atoms with Crippen LogP contribution in [0.25, 0.3) is 0 Å². The normalized spacial score (nSPS) is 21.7. The van der Waals surface area contributed by atoms with Gasteiger partial charge in [-0.3, -0.25) is 28.8 Å². The highest BCUT2D eigenvalue weighted by Crippen LogP contribution is 2.38. The highest BCUT2D eigenvalue weighted by atomic mass is 16.6. The lowest BCUT2D eigenvalue weighted by molar-refractivity contribution is -0.229. The van der Waals surface area contributed by atoms with E-state index in [-0.39, 0.29) is 0 Å². The zero-order valence-corrected chi connectivity index (χ0v) is 22.0. The summed E-state index contributed by atoms with van der Waals surface area (Å²) in [5.74, 6) is -6.76. The van der Waals surface area contributed by atoms with E-state index in [2.05, 4.69) is 5.32 Å². The molecule has 0 aliphatic carbocycles. The summed E-state index contributed by atoms with van der Waals surface area (Å²) in [6.07, 6.45) is -3.94. The molecule has 1 aliphatic rings. The number of hydrogen-bond donors (Lipinski definition) is 1. The van der Waals surface area contributed by atoms with Gasteiger partial charge >= 0.3 is 35.8 Å². The Morgan fingerprint density at radius 3 is 1.89 bits per heavy atom. The van der Waals surface area contributed by atoms with Crippen molar-refractivity contribution in [2.24, 2.45) is 0 Å². The number of carbonyl (C=O) groups excluding carboxylic acids is 7. The molecule has 15 nitrogen and oxygen atoms in total. The smallest absolute Gasteiger partial charge is 0.373 e. The van der Waals surface area contributed by atoms with Crippen LogP contribution < -0.4 is 5.32 Å². The molecule has 1 N–H and O–H groups in total. The quantitative estimate of drug-likeness (QED) is 0.251. The zero-order valence-electron chi connectivity index (χ0n) is 22.0. The van der Waals surface area contributed by atoms with Gasteiger partial charge in [-0.05, 0) is 0 Å². The number of nitrogens with one attached hydrogen (secondary N) is 1. The van der Waals surface area contributed by atoms with E-state index in [1.165, 1.54) is 0 Å². The van der Waals surface area contributed by atoms with Crippen molar-refractivity contribution in [1.82, 2.24) is 5.32 Å². The standard InChI is InChI=1S/C23H31NO14/c1-11(25)24-20-17(35-14(4)28)8-18(22(31)32-7)38-23(20,10-34-13(3)27)21(37-16(6)30)19(36-15(5)29)9-33-12(2)26/h8,17,19-21H,9-10H2,1-7H3,(H,24,25)/t17-,19+,20+,21+,23+/m0/s1. The molecule has 15 heteroatoms. The summed E-state index contributed by atoms with van der Waals surface area (Å²) in [6.45, 7) is 4.70. The molecule has 38 heavy (non-hydrogen) atoms. The average molecular weight is 545 g/mol. The van der Waals surface area contributed by atoms with E-state index in [0.29, 0.717) is 0 Å².